The van der Waals surface area contributed by atoms with Crippen molar-refractivity contribution in [1.29, 1.82) is 0 Å². The highest BCUT2D eigenvalue weighted by Crippen LogP contribution is 2.43. The molecule has 26 heavy (non-hydrogen) atoms. The fraction of sp³-hybridized carbons (Fsp3) is 0.700. The summed E-state index contributed by atoms with van der Waals surface area (Å²) < 4.78 is 33.4. The first-order valence-electron chi connectivity index (χ1n) is 9.73. The lowest BCUT2D eigenvalue weighted by molar-refractivity contribution is 0.00578. The second-order valence-corrected chi connectivity index (χ2v) is 8.93. The van der Waals surface area contributed by atoms with Gasteiger partial charge in [-0.05, 0) is 70.5 Å². The Morgan fingerprint density at radius 1 is 1.12 bits per heavy atom. The third-order valence-corrected chi connectivity index (χ3v) is 6.23. The predicted octanol–water partition coefficient (Wildman–Crippen LogP) is 3.23. The van der Waals surface area contributed by atoms with Gasteiger partial charge in [-0.15, -0.1) is 0 Å². The lowest BCUT2D eigenvalue weighted by Crippen LogP contribution is -2.43. The molecular formula is C20H29BFNO3. The Morgan fingerprint density at radius 2 is 1.77 bits per heavy atom. The summed E-state index contributed by atoms with van der Waals surface area (Å²) >= 11 is 0. The van der Waals surface area contributed by atoms with E-state index < -0.39 is 18.3 Å². The SMILES string of the molecule is C[C@@H]1CN(c2cc(B3OC(C)(C)C(C)(C)O3)cc(C3CC3)c2F)CCO1. The van der Waals surface area contributed by atoms with E-state index in [0.29, 0.717) is 31.3 Å². The van der Waals surface area contributed by atoms with Crippen LogP contribution in [0.4, 0.5) is 10.1 Å². The van der Waals surface area contributed by atoms with Gasteiger partial charge in [0.15, 0.2) is 0 Å². The Balaban J connectivity index is 1.71. The maximum absolute atomic E-state index is 15.3. The summed E-state index contributed by atoms with van der Waals surface area (Å²) in [6, 6.07) is 3.88. The Morgan fingerprint density at radius 3 is 2.35 bits per heavy atom. The molecule has 2 heterocycles. The number of anilines is 1. The molecule has 6 heteroatoms. The molecule has 1 aromatic rings. The van der Waals surface area contributed by atoms with Gasteiger partial charge in [0.05, 0.1) is 29.6 Å². The number of benzene rings is 1. The van der Waals surface area contributed by atoms with Crippen LogP contribution in [-0.2, 0) is 14.0 Å². The summed E-state index contributed by atoms with van der Waals surface area (Å²) in [5.74, 6) is 0.247. The van der Waals surface area contributed by atoms with E-state index in [9.17, 15) is 0 Å². The molecule has 3 fully saturated rings. The summed E-state index contributed by atoms with van der Waals surface area (Å²) in [7, 11) is -0.463. The number of hydrogen-bond donors (Lipinski definition) is 0. The van der Waals surface area contributed by atoms with Crippen molar-refractivity contribution >= 4 is 18.3 Å². The summed E-state index contributed by atoms with van der Waals surface area (Å²) in [6.45, 7) is 12.2. The first-order chi connectivity index (χ1) is 12.2. The van der Waals surface area contributed by atoms with Crippen LogP contribution in [0.1, 0.15) is 58.9 Å². The van der Waals surface area contributed by atoms with Crippen molar-refractivity contribution in [2.75, 3.05) is 24.6 Å². The van der Waals surface area contributed by atoms with Crippen LogP contribution in [0, 0.1) is 5.82 Å². The van der Waals surface area contributed by atoms with E-state index in [1.807, 2.05) is 46.8 Å². The van der Waals surface area contributed by atoms with Gasteiger partial charge in [0, 0.05) is 13.1 Å². The van der Waals surface area contributed by atoms with Gasteiger partial charge in [-0.2, -0.15) is 0 Å². The Kier molecular flexibility index (Phi) is 4.37. The second-order valence-electron chi connectivity index (χ2n) is 8.93. The second kappa shape index (κ2) is 6.21. The molecule has 0 bridgehead atoms. The van der Waals surface area contributed by atoms with Crippen molar-refractivity contribution in [3.05, 3.63) is 23.5 Å². The largest absolute Gasteiger partial charge is 0.494 e. The molecule has 142 valence electrons. The standard InChI is InChI=1S/C20H29BFNO3/c1-13-12-23(8-9-24-13)17-11-15(10-16(18(17)22)14-6-7-14)21-25-19(2,3)20(4,5)26-21/h10-11,13-14H,6-9,12H2,1-5H3/t13-/m1/s1. The van der Waals surface area contributed by atoms with E-state index >= 15 is 4.39 Å². The molecule has 4 rings (SSSR count). The topological polar surface area (TPSA) is 30.9 Å². The van der Waals surface area contributed by atoms with Crippen LogP contribution in [0.25, 0.3) is 0 Å². The molecule has 1 atom stereocenters. The van der Waals surface area contributed by atoms with Crippen LogP contribution < -0.4 is 10.4 Å². The molecule has 0 radical (unpaired) electrons. The lowest BCUT2D eigenvalue weighted by atomic mass is 9.77. The van der Waals surface area contributed by atoms with Gasteiger partial charge in [-0.1, -0.05) is 6.07 Å². The quantitative estimate of drug-likeness (QED) is 0.774. The molecule has 0 unspecified atom stereocenters. The van der Waals surface area contributed by atoms with E-state index in [1.54, 1.807) is 0 Å². The Labute approximate surface area is 156 Å². The number of nitrogens with zero attached hydrogens (tertiary/aromatic N) is 1. The lowest BCUT2D eigenvalue weighted by Gasteiger charge is -2.34. The number of halogens is 1. The van der Waals surface area contributed by atoms with Gasteiger partial charge in [-0.25, -0.2) is 4.39 Å². The fourth-order valence-electron chi connectivity index (χ4n) is 3.73. The van der Waals surface area contributed by atoms with Crippen molar-refractivity contribution in [2.45, 2.75) is 70.7 Å². The van der Waals surface area contributed by atoms with Crippen LogP contribution in [-0.4, -0.2) is 44.1 Å². The molecule has 3 aliphatic rings. The zero-order chi connectivity index (χ0) is 18.7. The van der Waals surface area contributed by atoms with Crippen LogP contribution in [0.15, 0.2) is 12.1 Å². The average molecular weight is 361 g/mol. The molecule has 0 spiro atoms. The van der Waals surface area contributed by atoms with E-state index in [1.165, 1.54) is 0 Å². The molecule has 1 aromatic carbocycles. The monoisotopic (exact) mass is 361 g/mol. The minimum atomic E-state index is -0.463. The van der Waals surface area contributed by atoms with Crippen LogP contribution >= 0.6 is 0 Å². The molecule has 4 nitrogen and oxygen atoms in total. The third-order valence-electron chi connectivity index (χ3n) is 6.23. The molecule has 0 amide bonds. The minimum Gasteiger partial charge on any atom is -0.399 e. The van der Waals surface area contributed by atoms with Crippen molar-refractivity contribution in [1.82, 2.24) is 0 Å². The summed E-state index contributed by atoms with van der Waals surface area (Å²) in [6.07, 6.45) is 2.22. The minimum absolute atomic E-state index is 0.0816. The molecule has 2 saturated heterocycles. The van der Waals surface area contributed by atoms with Crippen molar-refractivity contribution in [3.8, 4) is 0 Å². The van der Waals surface area contributed by atoms with Gasteiger partial charge in [0.25, 0.3) is 0 Å². The van der Waals surface area contributed by atoms with Crippen molar-refractivity contribution in [2.24, 2.45) is 0 Å². The number of hydrogen-bond acceptors (Lipinski definition) is 4. The van der Waals surface area contributed by atoms with E-state index in [0.717, 1.165) is 23.9 Å². The molecule has 0 aromatic heterocycles. The van der Waals surface area contributed by atoms with Crippen molar-refractivity contribution in [3.63, 3.8) is 0 Å². The molecule has 1 aliphatic carbocycles. The highest BCUT2D eigenvalue weighted by atomic mass is 19.1. The normalized spacial score (nSPS) is 27.8. The first kappa shape index (κ1) is 18.3. The number of morpholine rings is 1. The highest BCUT2D eigenvalue weighted by molar-refractivity contribution is 6.62. The average Bonchev–Trinajstić information content (AvgIpc) is 3.35. The van der Waals surface area contributed by atoms with Crippen molar-refractivity contribution < 1.29 is 18.4 Å². The van der Waals surface area contributed by atoms with Gasteiger partial charge in [-0.3, -0.25) is 0 Å². The number of rotatable bonds is 3. The molecule has 2 aliphatic heterocycles. The Bertz CT molecular complexity index is 689. The summed E-state index contributed by atoms with van der Waals surface area (Å²) in [5, 5.41) is 0. The molecule has 0 N–H and O–H groups in total. The summed E-state index contributed by atoms with van der Waals surface area (Å²) in [4.78, 5) is 2.10. The van der Waals surface area contributed by atoms with Gasteiger partial charge < -0.3 is 18.9 Å². The zero-order valence-electron chi connectivity index (χ0n) is 16.5. The highest BCUT2D eigenvalue weighted by Gasteiger charge is 2.52. The maximum Gasteiger partial charge on any atom is 0.494 e. The number of ether oxygens (including phenoxy) is 1. The molecule has 1 saturated carbocycles. The Hall–Kier alpha value is -1.11. The van der Waals surface area contributed by atoms with Gasteiger partial charge >= 0.3 is 7.12 Å². The van der Waals surface area contributed by atoms with E-state index in [4.69, 9.17) is 14.0 Å². The first-order valence-corrected chi connectivity index (χ1v) is 9.73. The zero-order valence-corrected chi connectivity index (χ0v) is 16.5. The van der Waals surface area contributed by atoms with E-state index in [2.05, 4.69) is 4.90 Å². The fourth-order valence-corrected chi connectivity index (χ4v) is 3.73. The molecular weight excluding hydrogens is 332 g/mol. The third kappa shape index (κ3) is 3.16. The van der Waals surface area contributed by atoms with Gasteiger partial charge in [0.2, 0.25) is 0 Å². The summed E-state index contributed by atoms with van der Waals surface area (Å²) in [5.41, 5.74) is 1.58. The van der Waals surface area contributed by atoms with Crippen LogP contribution in [0.5, 0.6) is 0 Å². The van der Waals surface area contributed by atoms with Crippen LogP contribution in [0.3, 0.4) is 0 Å². The maximum atomic E-state index is 15.3. The van der Waals surface area contributed by atoms with Gasteiger partial charge in [0.1, 0.15) is 5.82 Å². The van der Waals surface area contributed by atoms with E-state index in [-0.39, 0.29) is 11.9 Å². The van der Waals surface area contributed by atoms with Crippen LogP contribution in [0.2, 0.25) is 0 Å². The predicted molar refractivity (Wildman–Crippen MR) is 102 cm³/mol. The smallest absolute Gasteiger partial charge is 0.399 e.